The molecule has 332 valence electrons. The molecule has 1 nitrogen and oxygen atoms in total. The van der Waals surface area contributed by atoms with Crippen molar-refractivity contribution in [3.05, 3.63) is 274 Å². The standard InChI is InChI=1S/C68H55N/c1-4-5-9-27-53-42-52-35-34-51(44-63(52)68(53,2)3)50-38-41-59-62(43-50)57-31-18-19-32-58(57)66-61(45-60(47-21-10-6-11-22-47)65(67(59)66)49-24-12-7-13-25-49)48-36-39-55(40-37-48)69(54-28-14-8-15-29-54)64-33-20-26-46-23-16-17-30-56(46)64/h4-5,7-10,12-44,60H,6,11,45H2,1-3H3/b5-4-,27-9-. The van der Waals surface area contributed by atoms with Crippen LogP contribution in [0.1, 0.15) is 62.3 Å². The first kappa shape index (κ1) is 42.4. The highest BCUT2D eigenvalue weighted by Crippen LogP contribution is 2.45. The lowest BCUT2D eigenvalue weighted by molar-refractivity contribution is 0.655. The monoisotopic (exact) mass is 885 g/mol. The van der Waals surface area contributed by atoms with E-state index in [0.29, 0.717) is 0 Å². The van der Waals surface area contributed by atoms with Gasteiger partial charge in [0.25, 0.3) is 0 Å². The van der Waals surface area contributed by atoms with Crippen LogP contribution in [0.3, 0.4) is 0 Å². The second-order valence-corrected chi connectivity index (χ2v) is 19.4. The predicted octanol–water partition coefficient (Wildman–Crippen LogP) is 16.8. The summed E-state index contributed by atoms with van der Waals surface area (Å²) < 4.78 is 0. The Balaban J connectivity index is 1.10. The molecule has 9 aromatic carbocycles. The largest absolute Gasteiger partial charge is 0.310 e. The Morgan fingerprint density at radius 3 is 1.99 bits per heavy atom. The second-order valence-electron chi connectivity index (χ2n) is 19.4. The van der Waals surface area contributed by atoms with Gasteiger partial charge in [-0.1, -0.05) is 208 Å². The molecule has 0 heterocycles. The van der Waals surface area contributed by atoms with Gasteiger partial charge in [0.1, 0.15) is 0 Å². The number of hydrogen-bond donors (Lipinski definition) is 0. The zero-order chi connectivity index (χ0) is 46.5. The Kier molecular flexibility index (Phi) is 10.8. The fraction of sp³-hybridized carbons (Fsp3) is 0.118. The number of allylic oxidation sites excluding steroid dienone is 9. The van der Waals surface area contributed by atoms with Crippen molar-refractivity contribution in [2.24, 2.45) is 5.92 Å². The van der Waals surface area contributed by atoms with Gasteiger partial charge in [-0.3, -0.25) is 0 Å². The summed E-state index contributed by atoms with van der Waals surface area (Å²) in [6.45, 7) is 6.78. The number of rotatable bonds is 9. The van der Waals surface area contributed by atoms with Crippen LogP contribution in [0.4, 0.5) is 17.1 Å². The van der Waals surface area contributed by atoms with E-state index >= 15 is 0 Å². The predicted molar refractivity (Wildman–Crippen MR) is 296 cm³/mol. The maximum atomic E-state index is 2.51. The minimum absolute atomic E-state index is 0.0942. The minimum atomic E-state index is -0.0942. The smallest absolute Gasteiger partial charge is 0.0540 e. The molecule has 0 aliphatic heterocycles. The molecule has 12 rings (SSSR count). The Labute approximate surface area is 406 Å². The minimum Gasteiger partial charge on any atom is -0.310 e. The number of fused-ring (bicyclic) bond motifs is 8. The van der Waals surface area contributed by atoms with Crippen molar-refractivity contribution in [3.63, 3.8) is 0 Å². The summed E-state index contributed by atoms with van der Waals surface area (Å²) in [6.07, 6.45) is 21.3. The van der Waals surface area contributed by atoms with Gasteiger partial charge in [0.05, 0.1) is 5.69 Å². The molecule has 0 N–H and O–H groups in total. The summed E-state index contributed by atoms with van der Waals surface area (Å²) in [5.74, 6) is 0.175. The molecular formula is C68H55N. The van der Waals surface area contributed by atoms with E-state index in [4.69, 9.17) is 0 Å². The first-order chi connectivity index (χ1) is 34.0. The van der Waals surface area contributed by atoms with Gasteiger partial charge in [0, 0.05) is 28.1 Å². The molecule has 1 heteroatoms. The highest BCUT2D eigenvalue weighted by molar-refractivity contribution is 6.11. The van der Waals surface area contributed by atoms with Crippen LogP contribution in [0, 0.1) is 5.92 Å². The van der Waals surface area contributed by atoms with Gasteiger partial charge in [-0.15, -0.1) is 0 Å². The zero-order valence-corrected chi connectivity index (χ0v) is 39.7. The molecule has 0 saturated heterocycles. The average Bonchev–Trinajstić information content (AvgIpc) is 3.66. The van der Waals surface area contributed by atoms with Crippen molar-refractivity contribution in [2.45, 2.75) is 45.4 Å². The molecule has 69 heavy (non-hydrogen) atoms. The Hall–Kier alpha value is -8.00. The molecule has 9 aromatic rings. The van der Waals surface area contributed by atoms with E-state index in [-0.39, 0.29) is 11.3 Å². The molecule has 0 amide bonds. The lowest BCUT2D eigenvalue weighted by atomic mass is 9.73. The van der Waals surface area contributed by atoms with Crippen molar-refractivity contribution < 1.29 is 0 Å². The number of para-hydroxylation sites is 1. The highest BCUT2D eigenvalue weighted by Gasteiger charge is 2.32. The van der Waals surface area contributed by atoms with E-state index in [1.807, 2.05) is 0 Å². The fourth-order valence-corrected chi connectivity index (χ4v) is 11.6. The van der Waals surface area contributed by atoms with Crippen LogP contribution in [0.5, 0.6) is 0 Å². The van der Waals surface area contributed by atoms with Crippen LogP contribution in [-0.2, 0) is 5.41 Å². The van der Waals surface area contributed by atoms with Crippen LogP contribution < -0.4 is 15.3 Å². The topological polar surface area (TPSA) is 3.24 Å². The fourth-order valence-electron chi connectivity index (χ4n) is 11.6. The van der Waals surface area contributed by atoms with E-state index in [0.717, 1.165) is 30.6 Å². The van der Waals surface area contributed by atoms with Gasteiger partial charge in [0.15, 0.2) is 0 Å². The van der Waals surface area contributed by atoms with Crippen LogP contribution in [-0.4, -0.2) is 0 Å². The van der Waals surface area contributed by atoms with Gasteiger partial charge >= 0.3 is 0 Å². The summed E-state index contributed by atoms with van der Waals surface area (Å²) in [6, 6.07) is 70.4. The van der Waals surface area contributed by atoms with Gasteiger partial charge in [-0.05, 0) is 162 Å². The molecule has 0 aromatic heterocycles. The lowest BCUT2D eigenvalue weighted by Crippen LogP contribution is -2.38. The van der Waals surface area contributed by atoms with Crippen molar-refractivity contribution in [3.8, 4) is 11.1 Å². The molecule has 0 bridgehead atoms. The molecule has 0 saturated carbocycles. The molecule has 0 radical (unpaired) electrons. The molecule has 3 aliphatic carbocycles. The Bertz CT molecular complexity index is 3760. The van der Waals surface area contributed by atoms with Gasteiger partial charge in [-0.2, -0.15) is 0 Å². The normalized spacial score (nSPS) is 16.4. The van der Waals surface area contributed by atoms with Crippen LogP contribution in [0.15, 0.2) is 242 Å². The van der Waals surface area contributed by atoms with E-state index in [2.05, 4.69) is 262 Å². The van der Waals surface area contributed by atoms with Crippen LogP contribution >= 0.6 is 0 Å². The highest BCUT2D eigenvalue weighted by atomic mass is 15.1. The molecule has 1 unspecified atom stereocenters. The van der Waals surface area contributed by atoms with Gasteiger partial charge in [0.2, 0.25) is 0 Å². The SMILES string of the molecule is C/C=C\C=C/C1=Cc2ccc(-c3ccc4c5c(c6ccccc6c4c3)=C(c3ccc(N(c4ccccc4)c4cccc6ccccc46)cc3)CC(C3=CCCC=C3)C=5c3ccccc3)cc2C1(C)C. The van der Waals surface area contributed by atoms with Crippen molar-refractivity contribution in [1.82, 2.24) is 0 Å². The van der Waals surface area contributed by atoms with E-state index in [1.54, 1.807) is 0 Å². The van der Waals surface area contributed by atoms with Crippen molar-refractivity contribution in [1.29, 1.82) is 0 Å². The molecule has 0 spiro atoms. The summed E-state index contributed by atoms with van der Waals surface area (Å²) in [5.41, 5.74) is 16.6. The molecule has 3 aliphatic rings. The third kappa shape index (κ3) is 7.41. The summed E-state index contributed by atoms with van der Waals surface area (Å²) in [4.78, 5) is 2.41. The molecule has 1 atom stereocenters. The zero-order valence-electron chi connectivity index (χ0n) is 39.7. The van der Waals surface area contributed by atoms with Crippen molar-refractivity contribution >= 4 is 66.6 Å². The third-order valence-electron chi connectivity index (χ3n) is 15.0. The quantitative estimate of drug-likeness (QED) is 0.103. The van der Waals surface area contributed by atoms with E-state index < -0.39 is 0 Å². The molecular weight excluding hydrogens is 831 g/mol. The second kappa shape index (κ2) is 17.6. The van der Waals surface area contributed by atoms with Crippen LogP contribution in [0.25, 0.3) is 60.7 Å². The number of benzene rings is 9. The Morgan fingerprint density at radius 2 is 1.20 bits per heavy atom. The summed E-state index contributed by atoms with van der Waals surface area (Å²) >= 11 is 0. The van der Waals surface area contributed by atoms with Gasteiger partial charge < -0.3 is 4.90 Å². The first-order valence-corrected chi connectivity index (χ1v) is 24.7. The number of hydrogen-bond acceptors (Lipinski definition) is 1. The number of nitrogens with zero attached hydrogens (tertiary/aromatic N) is 1. The third-order valence-corrected chi connectivity index (χ3v) is 15.0. The van der Waals surface area contributed by atoms with E-state index in [9.17, 15) is 0 Å². The number of anilines is 3. The van der Waals surface area contributed by atoms with E-state index in [1.165, 1.54) is 104 Å². The van der Waals surface area contributed by atoms with Gasteiger partial charge in [-0.25, -0.2) is 0 Å². The van der Waals surface area contributed by atoms with Crippen molar-refractivity contribution in [2.75, 3.05) is 4.90 Å². The lowest BCUT2D eigenvalue weighted by Gasteiger charge is -2.31. The summed E-state index contributed by atoms with van der Waals surface area (Å²) in [5, 5.41) is 10.3. The van der Waals surface area contributed by atoms with Crippen LogP contribution in [0.2, 0.25) is 0 Å². The first-order valence-electron chi connectivity index (χ1n) is 24.7. The maximum Gasteiger partial charge on any atom is 0.0540 e. The maximum absolute atomic E-state index is 2.51. The Morgan fingerprint density at radius 1 is 0.536 bits per heavy atom. The average molecular weight is 886 g/mol. The molecule has 0 fully saturated rings. The summed E-state index contributed by atoms with van der Waals surface area (Å²) in [7, 11) is 0.